The van der Waals surface area contributed by atoms with Gasteiger partial charge >= 0.3 is 5.97 Å². The number of hydrogen-bond acceptors (Lipinski definition) is 4. The van der Waals surface area contributed by atoms with Gasteiger partial charge in [0.1, 0.15) is 10.9 Å². The van der Waals surface area contributed by atoms with Gasteiger partial charge in [-0.2, -0.15) is 0 Å². The van der Waals surface area contributed by atoms with Crippen molar-refractivity contribution in [2.24, 2.45) is 0 Å². The van der Waals surface area contributed by atoms with Crippen LogP contribution in [0.5, 0.6) is 0 Å². The summed E-state index contributed by atoms with van der Waals surface area (Å²) in [5.74, 6) is -1.11. The molecule has 0 aliphatic carbocycles. The second-order valence-corrected chi connectivity index (χ2v) is 4.97. The summed E-state index contributed by atoms with van der Waals surface area (Å²) < 4.78 is 0. The van der Waals surface area contributed by atoms with E-state index < -0.39 is 12.0 Å². The second-order valence-electron chi connectivity index (χ2n) is 4.12. The highest BCUT2D eigenvalue weighted by molar-refractivity contribution is 7.11. The molecule has 0 aromatic carbocycles. The van der Waals surface area contributed by atoms with Crippen molar-refractivity contribution in [1.82, 2.24) is 9.88 Å². The van der Waals surface area contributed by atoms with Gasteiger partial charge in [-0.15, -0.1) is 11.3 Å². The summed E-state index contributed by atoms with van der Waals surface area (Å²) in [5.41, 5.74) is 2.29. The summed E-state index contributed by atoms with van der Waals surface area (Å²) in [4.78, 5) is 29.4. The molecule has 1 aliphatic rings. The highest BCUT2D eigenvalue weighted by Crippen LogP contribution is 2.22. The number of piperidine rings is 1. The zero-order chi connectivity index (χ0) is 12.4. The third-order valence-corrected chi connectivity index (χ3v) is 3.91. The molecule has 17 heavy (non-hydrogen) atoms. The average molecular weight is 254 g/mol. The fourth-order valence-electron chi connectivity index (χ4n) is 2.07. The molecule has 1 atom stereocenters. The number of carbonyl (C=O) groups is 2. The minimum Gasteiger partial charge on any atom is -0.480 e. The van der Waals surface area contributed by atoms with Gasteiger partial charge in [0.25, 0.3) is 5.91 Å². The number of likely N-dealkylation sites (tertiary alicyclic amines) is 1. The van der Waals surface area contributed by atoms with Crippen molar-refractivity contribution in [1.29, 1.82) is 0 Å². The normalized spacial score (nSPS) is 20.3. The fourth-order valence-corrected chi connectivity index (χ4v) is 2.83. The van der Waals surface area contributed by atoms with E-state index in [2.05, 4.69) is 4.98 Å². The zero-order valence-electron chi connectivity index (χ0n) is 9.55. The van der Waals surface area contributed by atoms with Crippen molar-refractivity contribution < 1.29 is 14.7 Å². The lowest BCUT2D eigenvalue weighted by Crippen LogP contribution is -2.47. The first-order valence-corrected chi connectivity index (χ1v) is 6.43. The Bertz CT molecular complexity index is 444. The minimum absolute atomic E-state index is 0.197. The van der Waals surface area contributed by atoms with Crippen LogP contribution in [0.25, 0.3) is 0 Å². The van der Waals surface area contributed by atoms with Gasteiger partial charge in [0, 0.05) is 6.54 Å². The van der Waals surface area contributed by atoms with Crippen LogP contribution >= 0.6 is 11.3 Å². The highest BCUT2D eigenvalue weighted by atomic mass is 32.1. The van der Waals surface area contributed by atoms with Gasteiger partial charge < -0.3 is 10.0 Å². The molecule has 92 valence electrons. The Morgan fingerprint density at radius 2 is 2.29 bits per heavy atom. The van der Waals surface area contributed by atoms with Crippen LogP contribution in [0.4, 0.5) is 0 Å². The predicted molar refractivity (Wildman–Crippen MR) is 63.2 cm³/mol. The lowest BCUT2D eigenvalue weighted by molar-refractivity contribution is -0.143. The molecule has 0 radical (unpaired) electrons. The third kappa shape index (κ3) is 2.31. The molecule has 2 heterocycles. The van der Waals surface area contributed by atoms with Crippen LogP contribution in [0.3, 0.4) is 0 Å². The minimum atomic E-state index is -0.916. The number of aryl methyl sites for hydroxylation is 1. The Hall–Kier alpha value is -1.43. The summed E-state index contributed by atoms with van der Waals surface area (Å²) in [7, 11) is 0. The van der Waals surface area contributed by atoms with E-state index in [-0.39, 0.29) is 5.91 Å². The Labute approximate surface area is 103 Å². The van der Waals surface area contributed by atoms with Gasteiger partial charge in [-0.3, -0.25) is 4.79 Å². The SMILES string of the molecule is Cc1ncsc1C(=O)N1CCCC[C@@H]1C(=O)O. The van der Waals surface area contributed by atoms with Crippen molar-refractivity contribution in [2.45, 2.75) is 32.2 Å². The lowest BCUT2D eigenvalue weighted by Gasteiger charge is -2.32. The first-order chi connectivity index (χ1) is 8.11. The molecule has 0 bridgehead atoms. The quantitative estimate of drug-likeness (QED) is 0.869. The molecule has 6 heteroatoms. The largest absolute Gasteiger partial charge is 0.480 e. The number of carbonyl (C=O) groups excluding carboxylic acids is 1. The number of rotatable bonds is 2. The van der Waals surface area contributed by atoms with E-state index in [0.717, 1.165) is 12.8 Å². The molecular weight excluding hydrogens is 240 g/mol. The van der Waals surface area contributed by atoms with Crippen molar-refractivity contribution >= 4 is 23.2 Å². The number of hydrogen-bond donors (Lipinski definition) is 1. The molecule has 0 unspecified atom stereocenters. The molecule has 5 nitrogen and oxygen atoms in total. The van der Waals surface area contributed by atoms with E-state index in [4.69, 9.17) is 5.11 Å². The first-order valence-electron chi connectivity index (χ1n) is 5.55. The highest BCUT2D eigenvalue weighted by Gasteiger charge is 2.33. The standard InChI is InChI=1S/C11H14N2O3S/c1-7-9(17-6-12-7)10(14)13-5-3-2-4-8(13)11(15)16/h6,8H,2-5H2,1H3,(H,15,16)/t8-/m1/s1. The van der Waals surface area contributed by atoms with E-state index >= 15 is 0 Å². The topological polar surface area (TPSA) is 70.5 Å². The van der Waals surface area contributed by atoms with Crippen LogP contribution < -0.4 is 0 Å². The summed E-state index contributed by atoms with van der Waals surface area (Å²) in [6.07, 6.45) is 2.27. The van der Waals surface area contributed by atoms with Crippen LogP contribution in [0.15, 0.2) is 5.51 Å². The Morgan fingerprint density at radius 3 is 2.88 bits per heavy atom. The van der Waals surface area contributed by atoms with Crippen molar-refractivity contribution in [3.05, 3.63) is 16.1 Å². The van der Waals surface area contributed by atoms with Crippen molar-refractivity contribution in [2.75, 3.05) is 6.54 Å². The first kappa shape index (κ1) is 12.0. The molecule has 1 saturated heterocycles. The van der Waals surface area contributed by atoms with Crippen LogP contribution in [-0.2, 0) is 4.79 Å². The number of thiazole rings is 1. The molecule has 1 aliphatic heterocycles. The van der Waals surface area contributed by atoms with Gasteiger partial charge in [-0.05, 0) is 26.2 Å². The van der Waals surface area contributed by atoms with Gasteiger partial charge in [-0.25, -0.2) is 9.78 Å². The van der Waals surface area contributed by atoms with Crippen LogP contribution in [-0.4, -0.2) is 39.5 Å². The lowest BCUT2D eigenvalue weighted by atomic mass is 10.0. The Balaban J connectivity index is 2.23. The van der Waals surface area contributed by atoms with E-state index in [1.165, 1.54) is 16.2 Å². The molecule has 2 rings (SSSR count). The smallest absolute Gasteiger partial charge is 0.326 e. The molecule has 1 amide bonds. The maximum absolute atomic E-state index is 12.2. The van der Waals surface area contributed by atoms with Crippen LogP contribution in [0.2, 0.25) is 0 Å². The zero-order valence-corrected chi connectivity index (χ0v) is 10.4. The van der Waals surface area contributed by atoms with Crippen LogP contribution in [0, 0.1) is 6.92 Å². The number of amides is 1. The fraction of sp³-hybridized carbons (Fsp3) is 0.545. The summed E-state index contributed by atoms with van der Waals surface area (Å²) in [6.45, 7) is 2.29. The van der Waals surface area contributed by atoms with Gasteiger partial charge in [-0.1, -0.05) is 0 Å². The molecular formula is C11H14N2O3S. The van der Waals surface area contributed by atoms with E-state index in [0.29, 0.717) is 23.5 Å². The Kier molecular flexibility index (Phi) is 3.42. The molecule has 0 spiro atoms. The molecule has 1 fully saturated rings. The number of aromatic nitrogens is 1. The monoisotopic (exact) mass is 254 g/mol. The van der Waals surface area contributed by atoms with Gasteiger partial charge in [0.2, 0.25) is 0 Å². The van der Waals surface area contributed by atoms with Crippen molar-refractivity contribution in [3.8, 4) is 0 Å². The maximum atomic E-state index is 12.2. The van der Waals surface area contributed by atoms with E-state index in [1.54, 1.807) is 12.4 Å². The maximum Gasteiger partial charge on any atom is 0.326 e. The molecule has 1 aromatic heterocycles. The van der Waals surface area contributed by atoms with Crippen molar-refractivity contribution in [3.63, 3.8) is 0 Å². The van der Waals surface area contributed by atoms with E-state index in [9.17, 15) is 9.59 Å². The van der Waals surface area contributed by atoms with E-state index in [1.807, 2.05) is 0 Å². The third-order valence-electron chi connectivity index (χ3n) is 2.99. The van der Waals surface area contributed by atoms with Gasteiger partial charge in [0.15, 0.2) is 0 Å². The second kappa shape index (κ2) is 4.83. The predicted octanol–water partition coefficient (Wildman–Crippen LogP) is 1.53. The number of aliphatic carboxylic acids is 1. The summed E-state index contributed by atoms with van der Waals surface area (Å²) in [6, 6.07) is -0.683. The van der Waals surface area contributed by atoms with Gasteiger partial charge in [0.05, 0.1) is 11.2 Å². The number of carboxylic acid groups (broad SMARTS) is 1. The summed E-state index contributed by atoms with van der Waals surface area (Å²) in [5, 5.41) is 9.12. The molecule has 0 saturated carbocycles. The summed E-state index contributed by atoms with van der Waals surface area (Å²) >= 11 is 1.27. The number of nitrogens with zero attached hydrogens (tertiary/aromatic N) is 2. The van der Waals surface area contributed by atoms with Crippen LogP contribution in [0.1, 0.15) is 34.6 Å². The molecule has 1 N–H and O–H groups in total. The Morgan fingerprint density at radius 1 is 1.53 bits per heavy atom. The number of carboxylic acids is 1. The average Bonchev–Trinajstić information content (AvgIpc) is 2.74. The molecule has 1 aromatic rings.